The molecule has 16 heavy (non-hydrogen) atoms. The van der Waals surface area contributed by atoms with Gasteiger partial charge in [0.1, 0.15) is 0 Å². The topological polar surface area (TPSA) is 52.3 Å². The molecule has 2 atom stereocenters. The average Bonchev–Trinajstić information content (AvgIpc) is 2.95. The van der Waals surface area contributed by atoms with Crippen molar-refractivity contribution in [1.82, 2.24) is 0 Å². The maximum Gasteiger partial charge on any atom is 0.337 e. The van der Waals surface area contributed by atoms with Gasteiger partial charge in [-0.2, -0.15) is 0 Å². The van der Waals surface area contributed by atoms with Crippen molar-refractivity contribution >= 4 is 18.4 Å². The fourth-order valence-electron chi connectivity index (χ4n) is 1.86. The minimum atomic E-state index is -0.287. The molecule has 1 aromatic carbocycles. The second-order valence-electron chi connectivity index (χ2n) is 4.07. The van der Waals surface area contributed by atoms with E-state index in [4.69, 9.17) is 5.73 Å². The summed E-state index contributed by atoms with van der Waals surface area (Å²) >= 11 is 0. The van der Waals surface area contributed by atoms with E-state index in [2.05, 4.69) is 4.74 Å². The maximum absolute atomic E-state index is 11.3. The summed E-state index contributed by atoms with van der Waals surface area (Å²) in [5.41, 5.74) is 8.80. The lowest BCUT2D eigenvalue weighted by Gasteiger charge is -2.06. The molecule has 2 rings (SSSR count). The SMILES string of the molecule is COC(=O)c1ccc(C)c(C2CC2N)c1.Cl. The van der Waals surface area contributed by atoms with Crippen LogP contribution >= 0.6 is 12.4 Å². The van der Waals surface area contributed by atoms with Gasteiger partial charge < -0.3 is 10.5 Å². The quantitative estimate of drug-likeness (QED) is 0.806. The van der Waals surface area contributed by atoms with Crippen molar-refractivity contribution in [2.45, 2.75) is 25.3 Å². The fourth-order valence-corrected chi connectivity index (χ4v) is 1.86. The molecule has 1 aromatic rings. The lowest BCUT2D eigenvalue weighted by molar-refractivity contribution is 0.0600. The number of rotatable bonds is 2. The van der Waals surface area contributed by atoms with E-state index in [-0.39, 0.29) is 24.4 Å². The molecule has 2 N–H and O–H groups in total. The smallest absolute Gasteiger partial charge is 0.337 e. The normalized spacial score (nSPS) is 22.2. The molecule has 0 bridgehead atoms. The van der Waals surface area contributed by atoms with Gasteiger partial charge in [-0.3, -0.25) is 0 Å². The molecule has 0 amide bonds. The number of carbonyl (C=O) groups is 1. The lowest BCUT2D eigenvalue weighted by atomic mass is 10.0. The Morgan fingerprint density at radius 1 is 1.50 bits per heavy atom. The van der Waals surface area contributed by atoms with Crippen LogP contribution in [0.5, 0.6) is 0 Å². The number of carbonyl (C=O) groups excluding carboxylic acids is 1. The van der Waals surface area contributed by atoms with Gasteiger partial charge in [0, 0.05) is 12.0 Å². The van der Waals surface area contributed by atoms with E-state index < -0.39 is 0 Å². The minimum Gasteiger partial charge on any atom is -0.465 e. The molecule has 0 radical (unpaired) electrons. The molecule has 2 unspecified atom stereocenters. The van der Waals surface area contributed by atoms with Crippen LogP contribution in [0.4, 0.5) is 0 Å². The largest absolute Gasteiger partial charge is 0.465 e. The van der Waals surface area contributed by atoms with Crippen LogP contribution in [0.1, 0.15) is 33.8 Å². The summed E-state index contributed by atoms with van der Waals surface area (Å²) < 4.78 is 4.69. The highest BCUT2D eigenvalue weighted by Gasteiger charge is 2.36. The van der Waals surface area contributed by atoms with Crippen LogP contribution in [0.25, 0.3) is 0 Å². The monoisotopic (exact) mass is 241 g/mol. The number of nitrogens with two attached hydrogens (primary N) is 1. The average molecular weight is 242 g/mol. The number of methoxy groups -OCH3 is 1. The van der Waals surface area contributed by atoms with Crippen LogP contribution in [0.2, 0.25) is 0 Å². The molecule has 1 fully saturated rings. The highest BCUT2D eigenvalue weighted by molar-refractivity contribution is 5.89. The van der Waals surface area contributed by atoms with Crippen LogP contribution < -0.4 is 5.73 Å². The summed E-state index contributed by atoms with van der Waals surface area (Å²) in [6, 6.07) is 5.90. The third kappa shape index (κ3) is 2.36. The van der Waals surface area contributed by atoms with Crippen molar-refractivity contribution in [1.29, 1.82) is 0 Å². The number of esters is 1. The first-order chi connectivity index (χ1) is 7.13. The number of ether oxygens (including phenoxy) is 1. The zero-order valence-corrected chi connectivity index (χ0v) is 10.2. The summed E-state index contributed by atoms with van der Waals surface area (Å²) in [6.07, 6.45) is 1.02. The minimum absolute atomic E-state index is 0. The van der Waals surface area contributed by atoms with Crippen molar-refractivity contribution in [3.63, 3.8) is 0 Å². The zero-order valence-electron chi connectivity index (χ0n) is 9.40. The van der Waals surface area contributed by atoms with E-state index in [1.165, 1.54) is 18.2 Å². The molecule has 3 nitrogen and oxygen atoms in total. The zero-order chi connectivity index (χ0) is 11.0. The molecular weight excluding hydrogens is 226 g/mol. The number of halogens is 1. The Morgan fingerprint density at radius 3 is 2.62 bits per heavy atom. The molecule has 1 aliphatic carbocycles. The number of benzene rings is 1. The second kappa shape index (κ2) is 4.85. The molecule has 4 heteroatoms. The van der Waals surface area contributed by atoms with E-state index in [9.17, 15) is 4.79 Å². The molecular formula is C12H16ClNO2. The predicted molar refractivity (Wildman–Crippen MR) is 65.1 cm³/mol. The maximum atomic E-state index is 11.3. The van der Waals surface area contributed by atoms with Gasteiger partial charge in [-0.1, -0.05) is 6.07 Å². The second-order valence-corrected chi connectivity index (χ2v) is 4.07. The predicted octanol–water partition coefficient (Wildman–Crippen LogP) is 2.02. The van der Waals surface area contributed by atoms with Gasteiger partial charge in [0.15, 0.2) is 0 Å². The van der Waals surface area contributed by atoms with E-state index in [1.54, 1.807) is 6.07 Å². The molecule has 0 aromatic heterocycles. The standard InChI is InChI=1S/C12H15NO2.ClH/c1-7-3-4-8(12(14)15-2)5-9(7)10-6-11(10)13;/h3-5,10-11H,6,13H2,1-2H3;1H. The fraction of sp³-hybridized carbons (Fsp3) is 0.417. The van der Waals surface area contributed by atoms with E-state index in [0.717, 1.165) is 6.42 Å². The van der Waals surface area contributed by atoms with Gasteiger partial charge in [0.2, 0.25) is 0 Å². The van der Waals surface area contributed by atoms with Gasteiger partial charge >= 0.3 is 5.97 Å². The molecule has 1 aliphatic rings. The van der Waals surface area contributed by atoms with Crippen LogP contribution in [-0.2, 0) is 4.74 Å². The number of aryl methyl sites for hydroxylation is 1. The lowest BCUT2D eigenvalue weighted by Crippen LogP contribution is -2.05. The summed E-state index contributed by atoms with van der Waals surface area (Å²) in [5, 5.41) is 0. The van der Waals surface area contributed by atoms with Crippen molar-refractivity contribution in [2.75, 3.05) is 7.11 Å². The molecule has 0 aliphatic heterocycles. The first-order valence-electron chi connectivity index (χ1n) is 5.08. The van der Waals surface area contributed by atoms with Crippen LogP contribution in [-0.4, -0.2) is 19.1 Å². The summed E-state index contributed by atoms with van der Waals surface area (Å²) in [5.74, 6) is 0.139. The van der Waals surface area contributed by atoms with E-state index in [0.29, 0.717) is 11.5 Å². The summed E-state index contributed by atoms with van der Waals surface area (Å²) in [4.78, 5) is 11.3. The molecule has 0 spiro atoms. The number of hydrogen-bond donors (Lipinski definition) is 1. The first-order valence-corrected chi connectivity index (χ1v) is 5.08. The van der Waals surface area contributed by atoms with Gasteiger partial charge in [-0.25, -0.2) is 4.79 Å². The Labute approximate surface area is 101 Å². The molecule has 1 saturated carbocycles. The van der Waals surface area contributed by atoms with Gasteiger partial charge in [-0.15, -0.1) is 12.4 Å². The van der Waals surface area contributed by atoms with Gasteiger partial charge in [-0.05, 0) is 36.6 Å². The van der Waals surface area contributed by atoms with Crippen molar-refractivity contribution in [2.24, 2.45) is 5.73 Å². The van der Waals surface area contributed by atoms with E-state index in [1.807, 2.05) is 19.1 Å². The Morgan fingerprint density at radius 2 is 2.12 bits per heavy atom. The Hall–Kier alpha value is -1.06. The molecule has 0 saturated heterocycles. The van der Waals surface area contributed by atoms with Crippen molar-refractivity contribution in [3.8, 4) is 0 Å². The van der Waals surface area contributed by atoms with Crippen LogP contribution in [0, 0.1) is 6.92 Å². The first kappa shape index (κ1) is 13.0. The summed E-state index contributed by atoms with van der Waals surface area (Å²) in [6.45, 7) is 2.04. The van der Waals surface area contributed by atoms with Crippen molar-refractivity contribution in [3.05, 3.63) is 34.9 Å². The third-order valence-electron chi connectivity index (χ3n) is 2.94. The highest BCUT2D eigenvalue weighted by Crippen LogP contribution is 2.40. The van der Waals surface area contributed by atoms with Crippen molar-refractivity contribution < 1.29 is 9.53 Å². The number of hydrogen-bond acceptors (Lipinski definition) is 3. The Balaban J connectivity index is 0.00000128. The molecule has 88 valence electrons. The Bertz CT molecular complexity index is 406. The Kier molecular flexibility index (Phi) is 3.94. The van der Waals surface area contributed by atoms with Gasteiger partial charge in [0.05, 0.1) is 12.7 Å². The third-order valence-corrected chi connectivity index (χ3v) is 2.94. The van der Waals surface area contributed by atoms with Crippen LogP contribution in [0.15, 0.2) is 18.2 Å². The van der Waals surface area contributed by atoms with Crippen LogP contribution in [0.3, 0.4) is 0 Å². The highest BCUT2D eigenvalue weighted by atomic mass is 35.5. The summed E-state index contributed by atoms with van der Waals surface area (Å²) in [7, 11) is 1.39. The molecule has 0 heterocycles. The van der Waals surface area contributed by atoms with E-state index >= 15 is 0 Å². The van der Waals surface area contributed by atoms with Gasteiger partial charge in [0.25, 0.3) is 0 Å².